The van der Waals surface area contributed by atoms with Crippen LogP contribution >= 0.6 is 0 Å². The second kappa shape index (κ2) is 5.81. The van der Waals surface area contributed by atoms with Gasteiger partial charge in [-0.2, -0.15) is 4.98 Å². The molecule has 1 N–H and O–H groups in total. The van der Waals surface area contributed by atoms with Crippen molar-refractivity contribution in [1.82, 2.24) is 9.97 Å². The Kier molecular flexibility index (Phi) is 3.92. The van der Waals surface area contributed by atoms with E-state index < -0.39 is 0 Å². The summed E-state index contributed by atoms with van der Waals surface area (Å²) < 4.78 is 10.1. The summed E-state index contributed by atoms with van der Waals surface area (Å²) in [5.74, 6) is 0.542. The van der Waals surface area contributed by atoms with Crippen molar-refractivity contribution in [3.8, 4) is 11.6 Å². The van der Waals surface area contributed by atoms with Crippen LogP contribution in [0.25, 0.3) is 0 Å². The van der Waals surface area contributed by atoms with Crippen molar-refractivity contribution < 1.29 is 14.3 Å². The number of aromatic nitrogens is 2. The predicted octanol–water partition coefficient (Wildman–Crippen LogP) is 1.75. The van der Waals surface area contributed by atoms with E-state index in [1.165, 1.54) is 20.4 Å². The fourth-order valence-corrected chi connectivity index (χ4v) is 1.46. The molecule has 2 aromatic rings. The van der Waals surface area contributed by atoms with E-state index in [-0.39, 0.29) is 17.7 Å². The monoisotopic (exact) mass is 259 g/mol. The minimum Gasteiger partial charge on any atom is -0.490 e. The number of hydrogen-bond acceptors (Lipinski definition) is 5. The lowest BCUT2D eigenvalue weighted by Gasteiger charge is -2.08. The van der Waals surface area contributed by atoms with E-state index in [1.807, 2.05) is 6.07 Å². The molecular weight excluding hydrogens is 246 g/mol. The first kappa shape index (κ1) is 12.8. The molecule has 98 valence electrons. The average Bonchev–Trinajstić information content (AvgIpc) is 2.48. The molecule has 0 saturated heterocycles. The standard InChI is InChI=1S/C13H13N3O3/c1-18-10-8-14-13(16-12(10)19-2)15-11(17)9-6-4-3-5-7-9/h3-8H,1-2H3,(H,14,15,16,17). The van der Waals surface area contributed by atoms with Gasteiger partial charge >= 0.3 is 0 Å². The third-order valence-electron chi connectivity index (χ3n) is 2.40. The third kappa shape index (κ3) is 2.98. The van der Waals surface area contributed by atoms with E-state index in [0.29, 0.717) is 11.3 Å². The highest BCUT2D eigenvalue weighted by molar-refractivity contribution is 6.03. The second-order valence-corrected chi connectivity index (χ2v) is 3.59. The van der Waals surface area contributed by atoms with Crippen LogP contribution in [0.15, 0.2) is 36.5 Å². The van der Waals surface area contributed by atoms with Gasteiger partial charge in [0.05, 0.1) is 20.4 Å². The van der Waals surface area contributed by atoms with Crippen LogP contribution in [-0.2, 0) is 0 Å². The number of nitrogens with one attached hydrogen (secondary N) is 1. The lowest BCUT2D eigenvalue weighted by molar-refractivity contribution is 0.102. The first-order valence-electron chi connectivity index (χ1n) is 5.56. The molecule has 2 rings (SSSR count). The molecule has 0 aliphatic rings. The first-order chi connectivity index (χ1) is 9.24. The SMILES string of the molecule is COc1cnc(NC(=O)c2ccccc2)nc1OC. The Balaban J connectivity index is 2.18. The molecule has 0 saturated carbocycles. The van der Waals surface area contributed by atoms with Crippen molar-refractivity contribution in [2.45, 2.75) is 0 Å². The highest BCUT2D eigenvalue weighted by atomic mass is 16.5. The summed E-state index contributed by atoms with van der Waals surface area (Å²) in [5.41, 5.74) is 0.529. The molecule has 19 heavy (non-hydrogen) atoms. The number of amides is 1. The molecule has 0 fully saturated rings. The van der Waals surface area contributed by atoms with Gasteiger partial charge in [0.15, 0.2) is 5.75 Å². The Hall–Kier alpha value is -2.63. The molecule has 0 atom stereocenters. The van der Waals surface area contributed by atoms with E-state index in [9.17, 15) is 4.79 Å². The largest absolute Gasteiger partial charge is 0.490 e. The Bertz CT molecular complexity index is 573. The average molecular weight is 259 g/mol. The number of methoxy groups -OCH3 is 2. The van der Waals surface area contributed by atoms with Gasteiger partial charge in [-0.3, -0.25) is 10.1 Å². The van der Waals surface area contributed by atoms with Crippen LogP contribution in [0.2, 0.25) is 0 Å². The number of nitrogens with zero attached hydrogens (tertiary/aromatic N) is 2. The molecule has 0 unspecified atom stereocenters. The van der Waals surface area contributed by atoms with Gasteiger partial charge in [-0.05, 0) is 12.1 Å². The van der Waals surface area contributed by atoms with Gasteiger partial charge in [-0.15, -0.1) is 0 Å². The van der Waals surface area contributed by atoms with Gasteiger partial charge < -0.3 is 9.47 Å². The van der Waals surface area contributed by atoms with E-state index in [1.54, 1.807) is 24.3 Å². The Labute approximate surface area is 110 Å². The van der Waals surface area contributed by atoms with E-state index >= 15 is 0 Å². The maximum absolute atomic E-state index is 11.9. The van der Waals surface area contributed by atoms with Crippen molar-refractivity contribution in [2.24, 2.45) is 0 Å². The van der Waals surface area contributed by atoms with E-state index in [0.717, 1.165) is 0 Å². The van der Waals surface area contributed by atoms with Crippen molar-refractivity contribution in [3.63, 3.8) is 0 Å². The Morgan fingerprint density at radius 3 is 2.53 bits per heavy atom. The van der Waals surface area contributed by atoms with Gasteiger partial charge in [0.1, 0.15) is 0 Å². The summed E-state index contributed by atoms with van der Waals surface area (Å²) in [6.07, 6.45) is 1.44. The van der Waals surface area contributed by atoms with Crippen molar-refractivity contribution >= 4 is 11.9 Å². The van der Waals surface area contributed by atoms with Gasteiger partial charge in [0.25, 0.3) is 11.8 Å². The number of ether oxygens (including phenoxy) is 2. The fourth-order valence-electron chi connectivity index (χ4n) is 1.46. The number of carbonyl (C=O) groups excluding carboxylic acids is 1. The molecule has 1 aromatic heterocycles. The van der Waals surface area contributed by atoms with Crippen LogP contribution < -0.4 is 14.8 Å². The summed E-state index contributed by atoms with van der Waals surface area (Å²) in [7, 11) is 2.96. The molecule has 0 radical (unpaired) electrons. The summed E-state index contributed by atoms with van der Waals surface area (Å²) in [4.78, 5) is 19.9. The number of anilines is 1. The number of rotatable bonds is 4. The van der Waals surface area contributed by atoms with E-state index in [4.69, 9.17) is 9.47 Å². The van der Waals surface area contributed by atoms with E-state index in [2.05, 4.69) is 15.3 Å². The quantitative estimate of drug-likeness (QED) is 0.905. The predicted molar refractivity (Wildman–Crippen MR) is 69.5 cm³/mol. The first-order valence-corrected chi connectivity index (χ1v) is 5.56. The van der Waals surface area contributed by atoms with Gasteiger partial charge in [-0.1, -0.05) is 18.2 Å². The Morgan fingerprint density at radius 1 is 1.16 bits per heavy atom. The van der Waals surface area contributed by atoms with Gasteiger partial charge in [0, 0.05) is 5.56 Å². The molecular formula is C13H13N3O3. The molecule has 1 amide bonds. The Morgan fingerprint density at radius 2 is 1.89 bits per heavy atom. The van der Waals surface area contributed by atoms with Crippen LogP contribution in [0.5, 0.6) is 11.6 Å². The second-order valence-electron chi connectivity index (χ2n) is 3.59. The molecule has 1 aromatic carbocycles. The van der Waals surface area contributed by atoms with Crippen molar-refractivity contribution in [2.75, 3.05) is 19.5 Å². The number of carbonyl (C=O) groups is 1. The zero-order chi connectivity index (χ0) is 13.7. The summed E-state index contributed by atoms with van der Waals surface area (Å²) in [6, 6.07) is 8.81. The smallest absolute Gasteiger partial charge is 0.261 e. The zero-order valence-corrected chi connectivity index (χ0v) is 10.6. The summed E-state index contributed by atoms with van der Waals surface area (Å²) >= 11 is 0. The minimum atomic E-state index is -0.284. The highest BCUT2D eigenvalue weighted by Gasteiger charge is 2.11. The number of benzene rings is 1. The van der Waals surface area contributed by atoms with Crippen LogP contribution in [0.1, 0.15) is 10.4 Å². The van der Waals surface area contributed by atoms with Gasteiger partial charge in [-0.25, -0.2) is 4.98 Å². The lowest BCUT2D eigenvalue weighted by atomic mass is 10.2. The van der Waals surface area contributed by atoms with Crippen LogP contribution in [0, 0.1) is 0 Å². The lowest BCUT2D eigenvalue weighted by Crippen LogP contribution is -2.14. The molecule has 0 bridgehead atoms. The van der Waals surface area contributed by atoms with Crippen molar-refractivity contribution in [3.05, 3.63) is 42.1 Å². The van der Waals surface area contributed by atoms with Gasteiger partial charge in [0.2, 0.25) is 5.95 Å². The third-order valence-corrected chi connectivity index (χ3v) is 2.40. The summed E-state index contributed by atoms with van der Waals surface area (Å²) in [6.45, 7) is 0. The molecule has 0 aliphatic carbocycles. The van der Waals surface area contributed by atoms with Crippen LogP contribution in [-0.4, -0.2) is 30.1 Å². The normalized spacial score (nSPS) is 9.79. The molecule has 6 heteroatoms. The molecule has 1 heterocycles. The highest BCUT2D eigenvalue weighted by Crippen LogP contribution is 2.23. The fraction of sp³-hybridized carbons (Fsp3) is 0.154. The topological polar surface area (TPSA) is 73.3 Å². The summed E-state index contributed by atoms with van der Waals surface area (Å²) in [5, 5.41) is 2.59. The van der Waals surface area contributed by atoms with Crippen LogP contribution in [0.3, 0.4) is 0 Å². The van der Waals surface area contributed by atoms with Crippen molar-refractivity contribution in [1.29, 1.82) is 0 Å². The number of hydrogen-bond donors (Lipinski definition) is 1. The van der Waals surface area contributed by atoms with Crippen LogP contribution in [0.4, 0.5) is 5.95 Å². The maximum Gasteiger partial charge on any atom is 0.261 e. The maximum atomic E-state index is 11.9. The molecule has 0 aliphatic heterocycles. The molecule has 0 spiro atoms. The zero-order valence-electron chi connectivity index (χ0n) is 10.6. The minimum absolute atomic E-state index is 0.159. The molecule has 6 nitrogen and oxygen atoms in total.